The number of hydrogen-bond acceptors (Lipinski definition) is 2. The summed E-state index contributed by atoms with van der Waals surface area (Å²) in [6.07, 6.45) is 24.8. The fourth-order valence-corrected chi connectivity index (χ4v) is 7.03. The van der Waals surface area contributed by atoms with E-state index in [-0.39, 0.29) is 22.5 Å². The molecule has 36 heavy (non-hydrogen) atoms. The SMILES string of the molecule is C[C@]12CC[C@@H]3c4ccc(O)cc4CC[C@H]3[C@@H]1CC[C@]2(O)[C]1[CH][CH][CH][CH]1.F[B-](F)(F)F.[CH]1[CH][CH][CH][CH]1.[Fe+3]. The molecule has 0 spiro atoms. The van der Waals surface area contributed by atoms with Crippen LogP contribution in [0, 0.1) is 81.0 Å². The largest absolute Gasteiger partial charge is 3.00 e. The van der Waals surface area contributed by atoms with E-state index in [2.05, 4.69) is 38.7 Å². The summed E-state index contributed by atoms with van der Waals surface area (Å²) in [7, 11) is -6.00. The number of halogens is 4. The predicted molar refractivity (Wildman–Crippen MR) is 130 cm³/mol. The molecule has 1 aromatic carbocycles. The molecular weight excluding hydrogens is 511 g/mol. The average Bonchev–Trinajstić information content (AvgIpc) is 3.56. The van der Waals surface area contributed by atoms with Gasteiger partial charge in [0.15, 0.2) is 0 Å². The van der Waals surface area contributed by atoms with Crippen molar-refractivity contribution < 1.29 is 44.5 Å². The summed E-state index contributed by atoms with van der Waals surface area (Å²) < 4.78 is 39.0. The molecule has 11 radical (unpaired) electrons. The molecule has 0 heterocycles. The monoisotopic (exact) mass is 543 g/mol. The first-order valence-electron chi connectivity index (χ1n) is 12.3. The van der Waals surface area contributed by atoms with E-state index in [9.17, 15) is 27.5 Å². The van der Waals surface area contributed by atoms with Crippen LogP contribution >= 0.6 is 0 Å². The van der Waals surface area contributed by atoms with Gasteiger partial charge in [0.1, 0.15) is 5.75 Å². The van der Waals surface area contributed by atoms with E-state index in [0.717, 1.165) is 38.0 Å². The summed E-state index contributed by atoms with van der Waals surface area (Å²) >= 11 is 0. The number of phenols is 1. The molecule has 4 fully saturated rings. The van der Waals surface area contributed by atoms with Crippen molar-refractivity contribution in [3.63, 3.8) is 0 Å². The maximum absolute atomic E-state index is 11.7. The van der Waals surface area contributed by atoms with Crippen molar-refractivity contribution >= 4 is 7.25 Å². The zero-order chi connectivity index (χ0) is 25.3. The van der Waals surface area contributed by atoms with Crippen LogP contribution in [0.2, 0.25) is 0 Å². The fraction of sp³-hybridized carbons (Fsp3) is 0.429. The van der Waals surface area contributed by atoms with Crippen LogP contribution in [-0.4, -0.2) is 23.1 Å². The molecule has 0 bridgehead atoms. The molecule has 1 aromatic rings. The Morgan fingerprint density at radius 1 is 0.861 bits per heavy atom. The van der Waals surface area contributed by atoms with Crippen LogP contribution in [-0.2, 0) is 23.5 Å². The smallest absolute Gasteiger partial charge is 0.508 e. The van der Waals surface area contributed by atoms with Gasteiger partial charge in [-0.05, 0) is 137 Å². The Balaban J connectivity index is 0.000000278. The first-order chi connectivity index (χ1) is 16.5. The number of benzene rings is 1. The second-order valence-corrected chi connectivity index (χ2v) is 10.3. The van der Waals surface area contributed by atoms with Crippen molar-refractivity contribution in [1.82, 2.24) is 0 Å². The van der Waals surface area contributed by atoms with Gasteiger partial charge >= 0.3 is 24.3 Å². The van der Waals surface area contributed by atoms with E-state index in [4.69, 9.17) is 0 Å². The van der Waals surface area contributed by atoms with E-state index in [0.29, 0.717) is 23.5 Å². The number of phenolic OH excluding ortho intramolecular Hbond substituents is 1. The van der Waals surface area contributed by atoms with Crippen molar-refractivity contribution in [3.05, 3.63) is 93.0 Å². The number of fused-ring (bicyclic) bond motifs is 5. The minimum absolute atomic E-state index is 0. The number of rotatable bonds is 1. The Labute approximate surface area is 224 Å². The van der Waals surface area contributed by atoms with E-state index >= 15 is 0 Å². The molecule has 8 heteroatoms. The molecule has 5 atom stereocenters. The molecule has 0 unspecified atom stereocenters. The summed E-state index contributed by atoms with van der Waals surface area (Å²) in [4.78, 5) is 0. The zero-order valence-electron chi connectivity index (χ0n) is 20.2. The Hall–Kier alpha value is -0.716. The molecule has 4 saturated carbocycles. The molecule has 0 amide bonds. The second kappa shape index (κ2) is 12.0. The van der Waals surface area contributed by atoms with Gasteiger partial charge in [0.05, 0.1) is 5.60 Å². The number of aliphatic hydroxyl groups is 1. The van der Waals surface area contributed by atoms with E-state index in [1.165, 1.54) is 17.5 Å². The molecule has 0 aromatic heterocycles. The van der Waals surface area contributed by atoms with Crippen LogP contribution < -0.4 is 0 Å². The molecule has 5 aliphatic rings. The topological polar surface area (TPSA) is 40.5 Å². The third-order valence-corrected chi connectivity index (χ3v) is 8.56. The summed E-state index contributed by atoms with van der Waals surface area (Å²) in [5.41, 5.74) is 2.12. The fourth-order valence-electron chi connectivity index (χ4n) is 7.03. The Bertz CT molecular complexity index is 845. The van der Waals surface area contributed by atoms with Crippen molar-refractivity contribution in [1.29, 1.82) is 0 Å². The average molecular weight is 543 g/mol. The van der Waals surface area contributed by atoms with Gasteiger partial charge in [-0.15, -0.1) is 0 Å². The predicted octanol–water partition coefficient (Wildman–Crippen LogP) is 6.70. The van der Waals surface area contributed by atoms with Crippen LogP contribution in [0.1, 0.15) is 56.1 Å². The summed E-state index contributed by atoms with van der Waals surface area (Å²) in [5.74, 6) is 3.37. The molecule has 193 valence electrons. The summed E-state index contributed by atoms with van der Waals surface area (Å²) in [5, 5.41) is 21.5. The van der Waals surface area contributed by atoms with Gasteiger partial charge in [0.2, 0.25) is 0 Å². The van der Waals surface area contributed by atoms with Crippen molar-refractivity contribution in [2.24, 2.45) is 17.3 Å². The van der Waals surface area contributed by atoms with Crippen LogP contribution in [0.5, 0.6) is 5.75 Å². The van der Waals surface area contributed by atoms with E-state index < -0.39 is 12.9 Å². The second-order valence-electron chi connectivity index (χ2n) is 10.3. The third-order valence-electron chi connectivity index (χ3n) is 8.56. The van der Waals surface area contributed by atoms with Crippen molar-refractivity contribution in [2.45, 2.75) is 57.0 Å². The van der Waals surface area contributed by atoms with Gasteiger partial charge in [-0.2, -0.15) is 0 Å². The van der Waals surface area contributed by atoms with Gasteiger partial charge in [-0.3, -0.25) is 0 Å². The van der Waals surface area contributed by atoms with Crippen LogP contribution in [0.3, 0.4) is 0 Å². The first-order valence-corrected chi connectivity index (χ1v) is 12.3. The number of aromatic hydroxyl groups is 1. The van der Waals surface area contributed by atoms with Gasteiger partial charge in [-0.25, -0.2) is 0 Å². The van der Waals surface area contributed by atoms with Gasteiger partial charge in [-0.1, -0.05) is 13.0 Å². The van der Waals surface area contributed by atoms with Crippen LogP contribution in [0.15, 0.2) is 18.2 Å². The maximum atomic E-state index is 11.7. The standard InChI is InChI=1S/C23H27O2.C5H5.BF4.Fe/c1-22-12-10-19-18-9-7-17(24)14-15(18)6-8-20(19)21(22)11-13-23(22,25)16-4-2-3-5-16;1-2-4-5-3-1;2-1(3,4)5;/h2-5,7,9,14,19-21,24-25H,6,8,10-13H2,1H3;1-5H;;/q;;-1;+3/t19-,20-,21+,22+,23+;;;/m1.../s1. The first kappa shape index (κ1) is 29.8. The zero-order valence-corrected chi connectivity index (χ0v) is 21.3. The Morgan fingerprint density at radius 3 is 2.03 bits per heavy atom. The molecule has 0 saturated heterocycles. The van der Waals surface area contributed by atoms with Crippen molar-refractivity contribution in [2.75, 3.05) is 0 Å². The summed E-state index contributed by atoms with van der Waals surface area (Å²) in [6, 6.07) is 5.97. The van der Waals surface area contributed by atoms with Crippen LogP contribution in [0.4, 0.5) is 17.3 Å². The van der Waals surface area contributed by atoms with Crippen molar-refractivity contribution in [3.8, 4) is 5.75 Å². The Morgan fingerprint density at radius 2 is 1.44 bits per heavy atom. The Kier molecular flexibility index (Phi) is 9.94. The molecule has 5 aliphatic carbocycles. The number of aryl methyl sites for hydroxylation is 1. The quantitative estimate of drug-likeness (QED) is 0.306. The minimum atomic E-state index is -6.00. The molecule has 2 nitrogen and oxygen atoms in total. The van der Waals surface area contributed by atoms with Gasteiger partial charge < -0.3 is 27.5 Å². The maximum Gasteiger partial charge on any atom is 3.00 e. The number of hydrogen-bond donors (Lipinski definition) is 2. The van der Waals surface area contributed by atoms with Gasteiger partial charge in [0.25, 0.3) is 0 Å². The van der Waals surface area contributed by atoms with E-state index in [1.54, 1.807) is 0 Å². The van der Waals surface area contributed by atoms with E-state index in [1.807, 2.05) is 44.2 Å². The molecule has 2 N–H and O–H groups in total. The minimum Gasteiger partial charge on any atom is -0.508 e. The normalized spacial score (nSPS) is 35.2. The summed E-state index contributed by atoms with van der Waals surface area (Å²) in [6.45, 7) is 2.35. The molecular formula is C28H32BF4FeO2+2. The van der Waals surface area contributed by atoms with Crippen LogP contribution in [0.25, 0.3) is 0 Å². The molecule has 0 aliphatic heterocycles. The molecule has 6 rings (SSSR count). The van der Waals surface area contributed by atoms with Gasteiger partial charge in [0, 0.05) is 11.3 Å². The third kappa shape index (κ3) is 6.29.